The zero-order valence-corrected chi connectivity index (χ0v) is 19.9. The number of carbonyl (C=O) groups excluding carboxylic acids is 2. The summed E-state index contributed by atoms with van der Waals surface area (Å²) in [5.74, 6) is 0.0885. The number of rotatable bonds is 5. The van der Waals surface area contributed by atoms with E-state index in [4.69, 9.17) is 16.1 Å². The Morgan fingerprint density at radius 3 is 2.88 bits per heavy atom. The van der Waals surface area contributed by atoms with E-state index >= 15 is 0 Å². The minimum atomic E-state index is -0.304. The highest BCUT2D eigenvalue weighted by Crippen LogP contribution is 2.49. The summed E-state index contributed by atoms with van der Waals surface area (Å²) in [6.07, 6.45) is 1.87. The van der Waals surface area contributed by atoms with Crippen molar-refractivity contribution < 1.29 is 14.1 Å². The summed E-state index contributed by atoms with van der Waals surface area (Å²) in [6.45, 7) is 2.26. The molecular formula is C25H21ClN4O3S. The molecule has 1 N–H and O–H groups in total. The van der Waals surface area contributed by atoms with Gasteiger partial charge in [-0.1, -0.05) is 41.0 Å². The van der Waals surface area contributed by atoms with Gasteiger partial charge in [-0.2, -0.15) is 0 Å². The maximum Gasteiger partial charge on any atom is 0.274 e. The van der Waals surface area contributed by atoms with Crippen LogP contribution in [0.15, 0.2) is 53.1 Å². The summed E-state index contributed by atoms with van der Waals surface area (Å²) in [6, 6.07) is 14.9. The Labute approximate surface area is 204 Å². The molecule has 3 atom stereocenters. The molecule has 172 valence electrons. The Kier molecular flexibility index (Phi) is 5.15. The number of nitrogens with one attached hydrogen (secondary N) is 1. The molecule has 2 amide bonds. The number of carbonyl (C=O) groups is 2. The molecule has 34 heavy (non-hydrogen) atoms. The van der Waals surface area contributed by atoms with Crippen molar-refractivity contribution in [3.63, 3.8) is 0 Å². The number of fused-ring (bicyclic) bond motifs is 2. The highest BCUT2D eigenvalue weighted by atomic mass is 35.5. The van der Waals surface area contributed by atoms with Crippen molar-refractivity contribution in [3.05, 3.63) is 69.9 Å². The van der Waals surface area contributed by atoms with Crippen molar-refractivity contribution in [2.75, 3.05) is 6.54 Å². The smallest absolute Gasteiger partial charge is 0.274 e. The third kappa shape index (κ3) is 3.67. The van der Waals surface area contributed by atoms with E-state index in [0.717, 1.165) is 28.3 Å². The van der Waals surface area contributed by atoms with Gasteiger partial charge in [0.1, 0.15) is 5.69 Å². The molecule has 9 heteroatoms. The van der Waals surface area contributed by atoms with Crippen molar-refractivity contribution in [1.29, 1.82) is 0 Å². The molecule has 1 saturated heterocycles. The first-order chi connectivity index (χ1) is 16.5. The van der Waals surface area contributed by atoms with Gasteiger partial charge in [-0.15, -0.1) is 11.3 Å². The molecule has 1 aliphatic heterocycles. The maximum atomic E-state index is 13.7. The molecule has 2 aliphatic rings. The first-order valence-corrected chi connectivity index (χ1v) is 12.4. The third-order valence-corrected chi connectivity index (χ3v) is 7.81. The van der Waals surface area contributed by atoms with E-state index in [1.54, 1.807) is 6.07 Å². The van der Waals surface area contributed by atoms with Crippen LogP contribution < -0.4 is 5.32 Å². The number of hydrogen-bond acceptors (Lipinski definition) is 6. The van der Waals surface area contributed by atoms with Crippen LogP contribution in [0.4, 0.5) is 0 Å². The van der Waals surface area contributed by atoms with E-state index in [-0.39, 0.29) is 29.6 Å². The van der Waals surface area contributed by atoms with Crippen LogP contribution in [-0.4, -0.2) is 45.5 Å². The van der Waals surface area contributed by atoms with Crippen LogP contribution in [0.2, 0.25) is 5.02 Å². The molecule has 6 rings (SSSR count). The molecule has 2 fully saturated rings. The Hall–Kier alpha value is -3.23. The number of amides is 2. The highest BCUT2D eigenvalue weighted by molar-refractivity contribution is 7.15. The third-order valence-electron chi connectivity index (χ3n) is 6.56. The Balaban J connectivity index is 1.23. The van der Waals surface area contributed by atoms with Crippen LogP contribution >= 0.6 is 22.9 Å². The lowest BCUT2D eigenvalue weighted by atomic mass is 10.1. The number of nitrogens with zero attached hydrogens (tertiary/aromatic N) is 3. The summed E-state index contributed by atoms with van der Waals surface area (Å²) < 4.78 is 5.26. The molecule has 1 aliphatic carbocycles. The Bertz CT molecular complexity index is 1430. The number of aromatic nitrogens is 2. The average molecular weight is 493 g/mol. The first-order valence-electron chi connectivity index (χ1n) is 11.2. The number of aryl methyl sites for hydroxylation is 1. The predicted molar refractivity (Wildman–Crippen MR) is 130 cm³/mol. The average Bonchev–Trinajstić information content (AvgIpc) is 3.17. The maximum absolute atomic E-state index is 13.7. The van der Waals surface area contributed by atoms with Gasteiger partial charge in [0, 0.05) is 17.6 Å². The van der Waals surface area contributed by atoms with Crippen LogP contribution in [0.5, 0.6) is 0 Å². The summed E-state index contributed by atoms with van der Waals surface area (Å²) in [4.78, 5) is 33.9. The molecule has 1 saturated carbocycles. The van der Waals surface area contributed by atoms with E-state index in [9.17, 15) is 9.59 Å². The van der Waals surface area contributed by atoms with Gasteiger partial charge in [0.15, 0.2) is 11.3 Å². The lowest BCUT2D eigenvalue weighted by Gasteiger charge is -2.27. The first kappa shape index (κ1) is 21.3. The summed E-state index contributed by atoms with van der Waals surface area (Å²) in [7, 11) is 0. The quantitative estimate of drug-likeness (QED) is 0.426. The second-order valence-electron chi connectivity index (χ2n) is 8.82. The minimum Gasteiger partial charge on any atom is -0.355 e. The molecule has 2 aromatic carbocycles. The minimum absolute atomic E-state index is 0.0875. The topological polar surface area (TPSA) is 88.3 Å². The van der Waals surface area contributed by atoms with Gasteiger partial charge in [0.25, 0.3) is 11.8 Å². The van der Waals surface area contributed by atoms with Crippen molar-refractivity contribution in [3.8, 4) is 10.4 Å². The molecule has 0 radical (unpaired) electrons. The molecule has 0 bridgehead atoms. The molecule has 0 spiro atoms. The normalized spacial score (nSPS) is 21.0. The standard InChI is InChI=1S/C25H21ClN4O3S/c1-13-28-22(23(34-13)14-5-4-6-16(26)9-14)25(32)30-17(10-15-11-19(15)30)12-27-24(31)21-18-7-2-3-8-20(18)33-29-21/h2-9,15,17,19H,10-12H2,1H3,(H,27,31)/t15-,17+,19+/m1/s1. The number of likely N-dealkylation sites (tertiary alicyclic amines) is 1. The number of para-hydroxylation sites is 1. The SMILES string of the molecule is Cc1nc(C(=O)N2[C@H](CNC(=O)c3noc4ccccc34)C[C@@H]3C[C@@H]32)c(-c2cccc(Cl)c2)s1. The van der Waals surface area contributed by atoms with Crippen molar-refractivity contribution in [2.45, 2.75) is 31.8 Å². The van der Waals surface area contributed by atoms with Gasteiger partial charge >= 0.3 is 0 Å². The van der Waals surface area contributed by atoms with Gasteiger partial charge in [-0.25, -0.2) is 4.98 Å². The monoisotopic (exact) mass is 492 g/mol. The van der Waals surface area contributed by atoms with Gasteiger partial charge in [0.2, 0.25) is 0 Å². The van der Waals surface area contributed by atoms with Gasteiger partial charge < -0.3 is 14.7 Å². The number of benzene rings is 2. The van der Waals surface area contributed by atoms with E-state index in [2.05, 4.69) is 15.5 Å². The number of piperidine rings is 1. The second kappa shape index (κ2) is 8.21. The number of thiazole rings is 1. The fourth-order valence-electron chi connectivity index (χ4n) is 4.92. The fourth-order valence-corrected chi connectivity index (χ4v) is 6.02. The molecular weight excluding hydrogens is 472 g/mol. The molecule has 3 heterocycles. The van der Waals surface area contributed by atoms with Crippen LogP contribution in [0.1, 0.15) is 38.8 Å². The number of hydrogen-bond donors (Lipinski definition) is 1. The zero-order chi connectivity index (χ0) is 23.4. The molecule has 0 unspecified atom stereocenters. The van der Waals surface area contributed by atoms with Crippen LogP contribution in [0.25, 0.3) is 21.4 Å². The van der Waals surface area contributed by atoms with Gasteiger partial charge in [0.05, 0.1) is 21.3 Å². The fraction of sp³-hybridized carbons (Fsp3) is 0.280. The van der Waals surface area contributed by atoms with E-state index < -0.39 is 0 Å². The highest BCUT2D eigenvalue weighted by Gasteiger charge is 2.54. The van der Waals surface area contributed by atoms with E-state index in [1.807, 2.05) is 54.3 Å². The number of halogens is 1. The lowest BCUT2D eigenvalue weighted by molar-refractivity contribution is 0.0684. The lowest BCUT2D eigenvalue weighted by Crippen LogP contribution is -2.45. The second-order valence-corrected chi connectivity index (χ2v) is 10.5. The van der Waals surface area contributed by atoms with Crippen molar-refractivity contribution in [2.24, 2.45) is 5.92 Å². The van der Waals surface area contributed by atoms with Gasteiger partial charge in [-0.05, 0) is 55.5 Å². The van der Waals surface area contributed by atoms with Gasteiger partial charge in [-0.3, -0.25) is 9.59 Å². The Morgan fingerprint density at radius 1 is 1.18 bits per heavy atom. The molecule has 4 aromatic rings. The van der Waals surface area contributed by atoms with Crippen LogP contribution in [0.3, 0.4) is 0 Å². The van der Waals surface area contributed by atoms with E-state index in [0.29, 0.717) is 34.1 Å². The predicted octanol–water partition coefficient (Wildman–Crippen LogP) is 4.95. The Morgan fingerprint density at radius 2 is 2.03 bits per heavy atom. The van der Waals surface area contributed by atoms with Crippen molar-refractivity contribution >= 4 is 45.7 Å². The molecule has 7 nitrogen and oxygen atoms in total. The summed E-state index contributed by atoms with van der Waals surface area (Å²) in [5, 5.41) is 9.01. The summed E-state index contributed by atoms with van der Waals surface area (Å²) in [5.41, 5.74) is 2.17. The largest absolute Gasteiger partial charge is 0.355 e. The summed E-state index contributed by atoms with van der Waals surface area (Å²) >= 11 is 7.69. The zero-order valence-electron chi connectivity index (χ0n) is 18.3. The van der Waals surface area contributed by atoms with Crippen molar-refractivity contribution in [1.82, 2.24) is 20.4 Å². The molecule has 2 aromatic heterocycles. The van der Waals surface area contributed by atoms with Crippen LogP contribution in [0, 0.1) is 12.8 Å². The van der Waals surface area contributed by atoms with Crippen LogP contribution in [-0.2, 0) is 0 Å². The van der Waals surface area contributed by atoms with E-state index in [1.165, 1.54) is 11.3 Å².